The summed E-state index contributed by atoms with van der Waals surface area (Å²) in [6, 6.07) is 0.610. The van der Waals surface area contributed by atoms with Crippen molar-refractivity contribution in [2.75, 3.05) is 5.32 Å². The van der Waals surface area contributed by atoms with Gasteiger partial charge in [0.05, 0.1) is 17.1 Å². The van der Waals surface area contributed by atoms with Gasteiger partial charge in [0.1, 0.15) is 0 Å². The van der Waals surface area contributed by atoms with Gasteiger partial charge in [0, 0.05) is 6.04 Å². The van der Waals surface area contributed by atoms with E-state index in [0.29, 0.717) is 6.04 Å². The lowest BCUT2D eigenvalue weighted by atomic mass is 9.80. The minimum absolute atomic E-state index is 0.610. The third-order valence-electron chi connectivity index (χ3n) is 3.92. The standard InChI is InChI=1S/C13H23N3/c1-8-5-6-9(2)12(7-8)14-13-10(3)15-16-11(13)4/h8-9,12,14H,5-7H2,1-4H3,(H,15,16). The van der Waals surface area contributed by atoms with E-state index in [1.807, 2.05) is 0 Å². The lowest BCUT2D eigenvalue weighted by Gasteiger charge is -2.34. The first kappa shape index (κ1) is 11.5. The normalized spacial score (nSPS) is 30.4. The number of rotatable bonds is 2. The Morgan fingerprint density at radius 3 is 2.62 bits per heavy atom. The predicted octanol–water partition coefficient (Wildman–Crippen LogP) is 3.26. The molecule has 0 bridgehead atoms. The van der Waals surface area contributed by atoms with Gasteiger partial charge < -0.3 is 5.32 Å². The second kappa shape index (κ2) is 4.48. The van der Waals surface area contributed by atoms with E-state index in [9.17, 15) is 0 Å². The zero-order chi connectivity index (χ0) is 11.7. The van der Waals surface area contributed by atoms with Crippen molar-refractivity contribution in [2.24, 2.45) is 11.8 Å². The number of nitrogens with one attached hydrogen (secondary N) is 2. The van der Waals surface area contributed by atoms with Gasteiger partial charge in [0.25, 0.3) is 0 Å². The summed E-state index contributed by atoms with van der Waals surface area (Å²) in [5.74, 6) is 1.62. The Morgan fingerprint density at radius 2 is 2.00 bits per heavy atom. The molecule has 0 radical (unpaired) electrons. The number of aromatic nitrogens is 2. The highest BCUT2D eigenvalue weighted by Crippen LogP contribution is 2.31. The average molecular weight is 221 g/mol. The van der Waals surface area contributed by atoms with Crippen LogP contribution in [0.1, 0.15) is 44.5 Å². The molecule has 1 fully saturated rings. The third-order valence-corrected chi connectivity index (χ3v) is 3.92. The van der Waals surface area contributed by atoms with Crippen molar-refractivity contribution in [3.05, 3.63) is 11.4 Å². The summed E-state index contributed by atoms with van der Waals surface area (Å²) >= 11 is 0. The second-order valence-electron chi connectivity index (χ2n) is 5.46. The Morgan fingerprint density at radius 1 is 1.25 bits per heavy atom. The minimum atomic E-state index is 0.610. The van der Waals surface area contributed by atoms with Crippen LogP contribution in [-0.2, 0) is 0 Å². The second-order valence-corrected chi connectivity index (χ2v) is 5.46. The van der Waals surface area contributed by atoms with Crippen molar-refractivity contribution in [2.45, 2.75) is 53.0 Å². The van der Waals surface area contributed by atoms with E-state index in [4.69, 9.17) is 0 Å². The van der Waals surface area contributed by atoms with Gasteiger partial charge in [0.15, 0.2) is 0 Å². The van der Waals surface area contributed by atoms with Crippen molar-refractivity contribution in [1.82, 2.24) is 10.2 Å². The van der Waals surface area contributed by atoms with Gasteiger partial charge in [0.2, 0.25) is 0 Å². The van der Waals surface area contributed by atoms with E-state index in [-0.39, 0.29) is 0 Å². The molecule has 0 saturated heterocycles. The molecule has 2 N–H and O–H groups in total. The largest absolute Gasteiger partial charge is 0.379 e. The van der Waals surface area contributed by atoms with E-state index in [2.05, 4.69) is 43.2 Å². The summed E-state index contributed by atoms with van der Waals surface area (Å²) < 4.78 is 0. The van der Waals surface area contributed by atoms with Gasteiger partial charge in [-0.1, -0.05) is 20.3 Å². The number of nitrogens with zero attached hydrogens (tertiary/aromatic N) is 1. The number of hydrogen-bond donors (Lipinski definition) is 2. The average Bonchev–Trinajstić information content (AvgIpc) is 2.55. The molecule has 0 aliphatic heterocycles. The van der Waals surface area contributed by atoms with Gasteiger partial charge in [-0.25, -0.2) is 0 Å². The fourth-order valence-electron chi connectivity index (χ4n) is 2.68. The first-order valence-corrected chi connectivity index (χ1v) is 6.36. The van der Waals surface area contributed by atoms with Crippen LogP contribution in [0.5, 0.6) is 0 Å². The summed E-state index contributed by atoms with van der Waals surface area (Å²) in [5.41, 5.74) is 3.46. The molecule has 1 saturated carbocycles. The molecule has 1 aliphatic carbocycles. The summed E-state index contributed by atoms with van der Waals surface area (Å²) in [6.45, 7) is 8.85. The third kappa shape index (κ3) is 2.23. The molecule has 16 heavy (non-hydrogen) atoms. The van der Waals surface area contributed by atoms with Gasteiger partial charge in [-0.2, -0.15) is 5.10 Å². The van der Waals surface area contributed by atoms with Gasteiger partial charge >= 0.3 is 0 Å². The van der Waals surface area contributed by atoms with Crippen LogP contribution in [-0.4, -0.2) is 16.2 Å². The molecule has 3 atom stereocenters. The topological polar surface area (TPSA) is 40.7 Å². The number of hydrogen-bond acceptors (Lipinski definition) is 2. The maximum Gasteiger partial charge on any atom is 0.0825 e. The van der Waals surface area contributed by atoms with Crippen LogP contribution in [0.15, 0.2) is 0 Å². The number of anilines is 1. The highest BCUT2D eigenvalue weighted by atomic mass is 15.2. The van der Waals surface area contributed by atoms with Crippen LogP contribution in [0.2, 0.25) is 0 Å². The van der Waals surface area contributed by atoms with Crippen LogP contribution in [0.25, 0.3) is 0 Å². The molecule has 1 aliphatic rings. The number of H-pyrrole nitrogens is 1. The molecule has 0 spiro atoms. The van der Waals surface area contributed by atoms with Crippen molar-refractivity contribution in [3.63, 3.8) is 0 Å². The number of aryl methyl sites for hydroxylation is 2. The molecule has 1 heterocycles. The van der Waals surface area contributed by atoms with Gasteiger partial charge in [-0.05, 0) is 38.5 Å². The summed E-state index contributed by atoms with van der Waals surface area (Å²) in [7, 11) is 0. The monoisotopic (exact) mass is 221 g/mol. The van der Waals surface area contributed by atoms with Crippen molar-refractivity contribution in [1.29, 1.82) is 0 Å². The predicted molar refractivity (Wildman–Crippen MR) is 67.7 cm³/mol. The van der Waals surface area contributed by atoms with E-state index in [1.165, 1.54) is 24.9 Å². The first-order valence-electron chi connectivity index (χ1n) is 6.36. The Bertz CT molecular complexity index is 337. The van der Waals surface area contributed by atoms with Crippen LogP contribution in [0.3, 0.4) is 0 Å². The van der Waals surface area contributed by atoms with E-state index >= 15 is 0 Å². The van der Waals surface area contributed by atoms with Crippen molar-refractivity contribution >= 4 is 5.69 Å². The van der Waals surface area contributed by atoms with Crippen molar-refractivity contribution in [3.8, 4) is 0 Å². The summed E-state index contributed by atoms with van der Waals surface area (Å²) in [4.78, 5) is 0. The first-order chi connectivity index (χ1) is 7.58. The van der Waals surface area contributed by atoms with Crippen molar-refractivity contribution < 1.29 is 0 Å². The minimum Gasteiger partial charge on any atom is -0.379 e. The number of aromatic amines is 1. The molecule has 1 aromatic rings. The lowest BCUT2D eigenvalue weighted by molar-refractivity contribution is 0.280. The summed E-state index contributed by atoms with van der Waals surface area (Å²) in [6.07, 6.45) is 4.00. The Kier molecular flexibility index (Phi) is 3.22. The fraction of sp³-hybridized carbons (Fsp3) is 0.769. The van der Waals surface area contributed by atoms with Gasteiger partial charge in [-0.15, -0.1) is 0 Å². The molecular weight excluding hydrogens is 198 g/mol. The smallest absolute Gasteiger partial charge is 0.0825 e. The molecule has 90 valence electrons. The maximum absolute atomic E-state index is 4.24. The van der Waals surface area contributed by atoms with Crippen LogP contribution in [0.4, 0.5) is 5.69 Å². The zero-order valence-corrected chi connectivity index (χ0v) is 10.8. The zero-order valence-electron chi connectivity index (χ0n) is 10.8. The fourth-order valence-corrected chi connectivity index (χ4v) is 2.68. The molecule has 1 aromatic heterocycles. The summed E-state index contributed by atoms with van der Waals surface area (Å²) in [5, 5.41) is 11.0. The molecule has 3 nitrogen and oxygen atoms in total. The molecule has 3 heteroatoms. The van der Waals surface area contributed by atoms with Crippen LogP contribution < -0.4 is 5.32 Å². The molecular formula is C13H23N3. The van der Waals surface area contributed by atoms with E-state index < -0.39 is 0 Å². The molecule has 3 unspecified atom stereocenters. The van der Waals surface area contributed by atoms with E-state index in [0.717, 1.165) is 23.2 Å². The maximum atomic E-state index is 4.24. The van der Waals surface area contributed by atoms with E-state index in [1.54, 1.807) is 0 Å². The van der Waals surface area contributed by atoms with Crippen LogP contribution >= 0.6 is 0 Å². The molecule has 0 aromatic carbocycles. The highest BCUT2D eigenvalue weighted by Gasteiger charge is 2.26. The van der Waals surface area contributed by atoms with Gasteiger partial charge in [-0.3, -0.25) is 5.10 Å². The van der Waals surface area contributed by atoms with Crippen LogP contribution in [0, 0.1) is 25.7 Å². The Balaban J connectivity index is 2.08. The Hall–Kier alpha value is -0.990. The Labute approximate surface area is 98.0 Å². The quantitative estimate of drug-likeness (QED) is 0.804. The molecule has 0 amide bonds. The highest BCUT2D eigenvalue weighted by molar-refractivity contribution is 5.52. The lowest BCUT2D eigenvalue weighted by Crippen LogP contribution is -2.33. The SMILES string of the molecule is Cc1n[nH]c(C)c1NC1CC(C)CCC1C. The molecule has 2 rings (SSSR count).